The van der Waals surface area contributed by atoms with Crippen molar-refractivity contribution in [3.63, 3.8) is 0 Å². The van der Waals surface area contributed by atoms with Crippen molar-refractivity contribution >= 4 is 35.0 Å². The summed E-state index contributed by atoms with van der Waals surface area (Å²) in [6, 6.07) is 6.16. The number of nitrogens with two attached hydrogens (primary N) is 1. The highest BCUT2D eigenvalue weighted by Crippen LogP contribution is 2.31. The summed E-state index contributed by atoms with van der Waals surface area (Å²) in [5, 5.41) is 0.748. The minimum Gasteiger partial charge on any atom is -0.342 e. The first-order valence-corrected chi connectivity index (χ1v) is 6.51. The quantitative estimate of drug-likeness (QED) is 0.841. The molecule has 0 aliphatic heterocycles. The standard InChI is InChI=1S/C13H16ClN3.ClH/c14-9-3-6-11-12(7-9)17-13(16-11)8-1-4-10(15)5-2-8;/h3,6-8,10H,1-2,4-5,15H2,(H,16,17);1H. The average molecular weight is 286 g/mol. The molecule has 98 valence electrons. The first kappa shape index (κ1) is 13.7. The predicted molar refractivity (Wildman–Crippen MR) is 77.5 cm³/mol. The molecule has 0 bridgehead atoms. The van der Waals surface area contributed by atoms with Crippen LogP contribution in [0.15, 0.2) is 18.2 Å². The number of fused-ring (bicyclic) bond motifs is 1. The summed E-state index contributed by atoms with van der Waals surface area (Å²) in [6.07, 6.45) is 4.47. The molecule has 2 aromatic rings. The molecule has 1 saturated carbocycles. The summed E-state index contributed by atoms with van der Waals surface area (Å²) in [5.74, 6) is 1.62. The third kappa shape index (κ3) is 2.63. The van der Waals surface area contributed by atoms with Crippen LogP contribution in [-0.2, 0) is 0 Å². The summed E-state index contributed by atoms with van der Waals surface area (Å²) in [4.78, 5) is 8.03. The summed E-state index contributed by atoms with van der Waals surface area (Å²) in [5.41, 5.74) is 7.95. The largest absolute Gasteiger partial charge is 0.342 e. The molecule has 1 heterocycles. The normalized spacial score (nSPS) is 23.9. The number of hydrogen-bond acceptors (Lipinski definition) is 2. The van der Waals surface area contributed by atoms with Gasteiger partial charge in [-0.3, -0.25) is 0 Å². The first-order chi connectivity index (χ1) is 8.22. The summed E-state index contributed by atoms with van der Waals surface area (Å²) in [6.45, 7) is 0. The number of halogens is 2. The Morgan fingerprint density at radius 1 is 1.22 bits per heavy atom. The van der Waals surface area contributed by atoms with Crippen LogP contribution in [0.4, 0.5) is 0 Å². The second-order valence-corrected chi connectivity index (χ2v) is 5.33. The second kappa shape index (κ2) is 5.47. The third-order valence-electron chi connectivity index (χ3n) is 3.62. The van der Waals surface area contributed by atoms with Crippen molar-refractivity contribution in [1.29, 1.82) is 0 Å². The lowest BCUT2D eigenvalue weighted by Gasteiger charge is -2.24. The molecule has 3 nitrogen and oxygen atoms in total. The summed E-state index contributed by atoms with van der Waals surface area (Å²) in [7, 11) is 0. The Kier molecular flexibility index (Phi) is 4.15. The van der Waals surface area contributed by atoms with Gasteiger partial charge in [-0.1, -0.05) is 11.6 Å². The highest BCUT2D eigenvalue weighted by atomic mass is 35.5. The van der Waals surface area contributed by atoms with Gasteiger partial charge in [0.1, 0.15) is 5.82 Å². The number of benzene rings is 1. The van der Waals surface area contributed by atoms with Crippen LogP contribution < -0.4 is 5.73 Å². The van der Waals surface area contributed by atoms with Gasteiger partial charge < -0.3 is 10.7 Å². The van der Waals surface area contributed by atoms with Gasteiger partial charge in [-0.25, -0.2) is 4.98 Å². The SMILES string of the molecule is Cl.NC1CCC(c2nc3ccc(Cl)cc3[nH]2)CC1. The Bertz CT molecular complexity index is 530. The second-order valence-electron chi connectivity index (χ2n) is 4.90. The van der Waals surface area contributed by atoms with Gasteiger partial charge in [0, 0.05) is 17.0 Å². The number of imidazole rings is 1. The van der Waals surface area contributed by atoms with E-state index in [4.69, 9.17) is 17.3 Å². The Labute approximate surface area is 118 Å². The molecule has 0 spiro atoms. The first-order valence-electron chi connectivity index (χ1n) is 6.13. The van der Waals surface area contributed by atoms with Gasteiger partial charge in [-0.15, -0.1) is 12.4 Å². The van der Waals surface area contributed by atoms with Crippen LogP contribution in [0.1, 0.15) is 37.4 Å². The van der Waals surface area contributed by atoms with Crippen LogP contribution in [0.5, 0.6) is 0 Å². The lowest BCUT2D eigenvalue weighted by molar-refractivity contribution is 0.386. The van der Waals surface area contributed by atoms with Gasteiger partial charge >= 0.3 is 0 Å². The predicted octanol–water partition coefficient (Wildman–Crippen LogP) is 3.62. The van der Waals surface area contributed by atoms with Crippen molar-refractivity contribution in [3.05, 3.63) is 29.0 Å². The van der Waals surface area contributed by atoms with Crippen LogP contribution in [0, 0.1) is 0 Å². The molecule has 1 aliphatic rings. The van der Waals surface area contributed by atoms with Crippen molar-refractivity contribution in [2.24, 2.45) is 5.73 Å². The van der Waals surface area contributed by atoms with E-state index < -0.39 is 0 Å². The van der Waals surface area contributed by atoms with Crippen LogP contribution in [0.2, 0.25) is 5.02 Å². The molecule has 0 atom stereocenters. The zero-order chi connectivity index (χ0) is 11.8. The molecule has 1 fully saturated rings. The number of hydrogen-bond donors (Lipinski definition) is 2. The van der Waals surface area contributed by atoms with Crippen LogP contribution >= 0.6 is 24.0 Å². The van der Waals surface area contributed by atoms with E-state index in [9.17, 15) is 0 Å². The lowest BCUT2D eigenvalue weighted by atomic mass is 9.86. The van der Waals surface area contributed by atoms with Gasteiger partial charge in [0.25, 0.3) is 0 Å². The number of nitrogens with one attached hydrogen (secondary N) is 1. The molecule has 0 saturated heterocycles. The van der Waals surface area contributed by atoms with E-state index in [0.29, 0.717) is 12.0 Å². The monoisotopic (exact) mass is 285 g/mol. The number of rotatable bonds is 1. The van der Waals surface area contributed by atoms with E-state index in [-0.39, 0.29) is 12.4 Å². The molecule has 0 unspecified atom stereocenters. The number of H-pyrrole nitrogens is 1. The highest BCUT2D eigenvalue weighted by molar-refractivity contribution is 6.31. The van der Waals surface area contributed by atoms with Crippen molar-refractivity contribution in [2.75, 3.05) is 0 Å². The zero-order valence-corrected chi connectivity index (χ0v) is 11.6. The Morgan fingerprint density at radius 3 is 2.67 bits per heavy atom. The number of nitrogens with zero attached hydrogens (tertiary/aromatic N) is 1. The molecule has 0 amide bonds. The fraction of sp³-hybridized carbons (Fsp3) is 0.462. The van der Waals surface area contributed by atoms with Crippen molar-refractivity contribution in [1.82, 2.24) is 9.97 Å². The average Bonchev–Trinajstić information content (AvgIpc) is 2.72. The van der Waals surface area contributed by atoms with Crippen LogP contribution in [0.25, 0.3) is 11.0 Å². The fourth-order valence-electron chi connectivity index (χ4n) is 2.59. The van der Waals surface area contributed by atoms with Crippen LogP contribution in [0.3, 0.4) is 0 Å². The van der Waals surface area contributed by atoms with Gasteiger partial charge in [0.2, 0.25) is 0 Å². The van der Waals surface area contributed by atoms with Crippen molar-refractivity contribution in [2.45, 2.75) is 37.6 Å². The fourth-order valence-corrected chi connectivity index (χ4v) is 2.76. The molecule has 1 aliphatic carbocycles. The van der Waals surface area contributed by atoms with E-state index in [1.807, 2.05) is 18.2 Å². The van der Waals surface area contributed by atoms with Gasteiger partial charge in [0.15, 0.2) is 0 Å². The van der Waals surface area contributed by atoms with E-state index >= 15 is 0 Å². The third-order valence-corrected chi connectivity index (χ3v) is 3.86. The van der Waals surface area contributed by atoms with E-state index in [1.165, 1.54) is 0 Å². The van der Waals surface area contributed by atoms with Gasteiger partial charge in [-0.2, -0.15) is 0 Å². The van der Waals surface area contributed by atoms with E-state index in [1.54, 1.807) is 0 Å². The Morgan fingerprint density at radius 2 is 1.94 bits per heavy atom. The maximum Gasteiger partial charge on any atom is 0.110 e. The van der Waals surface area contributed by atoms with Crippen molar-refractivity contribution < 1.29 is 0 Å². The Balaban J connectivity index is 0.00000120. The zero-order valence-electron chi connectivity index (χ0n) is 10.0. The molecule has 0 radical (unpaired) electrons. The minimum absolute atomic E-state index is 0. The summed E-state index contributed by atoms with van der Waals surface area (Å²) >= 11 is 5.97. The number of aromatic nitrogens is 2. The molecular weight excluding hydrogens is 269 g/mol. The maximum absolute atomic E-state index is 5.97. The Hall–Kier alpha value is -0.770. The van der Waals surface area contributed by atoms with E-state index in [2.05, 4.69) is 9.97 Å². The lowest BCUT2D eigenvalue weighted by Crippen LogP contribution is -2.26. The van der Waals surface area contributed by atoms with Gasteiger partial charge in [0.05, 0.1) is 11.0 Å². The van der Waals surface area contributed by atoms with Crippen LogP contribution in [-0.4, -0.2) is 16.0 Å². The van der Waals surface area contributed by atoms with Gasteiger partial charge in [-0.05, 0) is 43.9 Å². The topological polar surface area (TPSA) is 54.7 Å². The smallest absolute Gasteiger partial charge is 0.110 e. The molecule has 18 heavy (non-hydrogen) atoms. The minimum atomic E-state index is 0. The molecule has 3 N–H and O–H groups in total. The molecule has 1 aromatic heterocycles. The molecular formula is C13H17Cl2N3. The molecule has 3 rings (SSSR count). The maximum atomic E-state index is 5.97. The highest BCUT2D eigenvalue weighted by Gasteiger charge is 2.22. The van der Waals surface area contributed by atoms with E-state index in [0.717, 1.165) is 47.6 Å². The molecule has 1 aromatic carbocycles. The summed E-state index contributed by atoms with van der Waals surface area (Å²) < 4.78 is 0. The number of aromatic amines is 1. The molecule has 5 heteroatoms. The van der Waals surface area contributed by atoms with Crippen molar-refractivity contribution in [3.8, 4) is 0 Å².